The van der Waals surface area contributed by atoms with Gasteiger partial charge in [-0.15, -0.1) is 10.2 Å². The average Bonchev–Trinajstić information content (AvgIpc) is 3.11. The summed E-state index contributed by atoms with van der Waals surface area (Å²) in [6.07, 6.45) is 1.82. The summed E-state index contributed by atoms with van der Waals surface area (Å²) in [7, 11) is 0. The minimum absolute atomic E-state index is 0.117. The highest BCUT2D eigenvalue weighted by Gasteiger charge is 2.63. The lowest BCUT2D eigenvalue weighted by atomic mass is 9.66. The van der Waals surface area contributed by atoms with Crippen molar-refractivity contribution in [3.05, 3.63) is 48.3 Å². The third-order valence-corrected chi connectivity index (χ3v) is 6.84. The smallest absolute Gasteiger partial charge is 0.317 e. The Balaban J connectivity index is 1.64. The van der Waals surface area contributed by atoms with Crippen LogP contribution in [-0.2, 0) is 9.53 Å². The first-order valence-corrected chi connectivity index (χ1v) is 9.41. The quantitative estimate of drug-likeness (QED) is 0.651. The number of nitrogens with zero attached hydrogens (tertiary/aromatic N) is 4. The molecule has 2 aliphatic rings. The molecule has 5 rings (SSSR count). The lowest BCUT2D eigenvalue weighted by molar-refractivity contribution is -0.187. The molecule has 0 radical (unpaired) electrons. The van der Waals surface area contributed by atoms with Crippen molar-refractivity contribution in [3.63, 3.8) is 0 Å². The van der Waals surface area contributed by atoms with Crippen LogP contribution in [0.25, 0.3) is 16.9 Å². The molecule has 1 aliphatic heterocycles. The SMILES string of the molecule is CC1(C)[C@@H]2CC[C@@]1(C)OC(=O)[C@@H]2c1nnc2ccc(-c3ccccc3)nn12. The first-order valence-electron chi connectivity index (χ1n) is 9.41. The van der Waals surface area contributed by atoms with Crippen LogP contribution in [0.2, 0.25) is 0 Å². The zero-order chi connectivity index (χ0) is 18.8. The zero-order valence-electron chi connectivity index (χ0n) is 15.7. The normalized spacial score (nSPS) is 29.1. The van der Waals surface area contributed by atoms with Gasteiger partial charge in [0.1, 0.15) is 11.5 Å². The van der Waals surface area contributed by atoms with Gasteiger partial charge in [0.25, 0.3) is 0 Å². The van der Waals surface area contributed by atoms with Crippen molar-refractivity contribution in [2.24, 2.45) is 11.3 Å². The summed E-state index contributed by atoms with van der Waals surface area (Å²) in [6.45, 7) is 6.43. The maximum Gasteiger partial charge on any atom is 0.317 e. The Morgan fingerprint density at radius 1 is 1.07 bits per heavy atom. The molecule has 3 atom stereocenters. The fourth-order valence-electron chi connectivity index (χ4n) is 4.77. The van der Waals surface area contributed by atoms with Crippen LogP contribution in [0.5, 0.6) is 0 Å². The van der Waals surface area contributed by atoms with Crippen LogP contribution in [0.15, 0.2) is 42.5 Å². The third kappa shape index (κ3) is 2.19. The monoisotopic (exact) mass is 362 g/mol. The van der Waals surface area contributed by atoms with E-state index in [0.717, 1.165) is 24.1 Å². The number of hydrogen-bond donors (Lipinski definition) is 0. The van der Waals surface area contributed by atoms with E-state index in [2.05, 4.69) is 31.0 Å². The molecule has 2 aromatic heterocycles. The summed E-state index contributed by atoms with van der Waals surface area (Å²) in [6, 6.07) is 13.8. The van der Waals surface area contributed by atoms with Crippen molar-refractivity contribution in [1.29, 1.82) is 0 Å². The number of ether oxygens (including phenoxy) is 1. The molecule has 1 saturated heterocycles. The number of carbonyl (C=O) groups excluding carboxylic acids is 1. The second kappa shape index (κ2) is 5.38. The second-order valence-electron chi connectivity index (χ2n) is 8.41. The van der Waals surface area contributed by atoms with Crippen LogP contribution in [0.4, 0.5) is 0 Å². The maximum absolute atomic E-state index is 12.9. The van der Waals surface area contributed by atoms with Crippen molar-refractivity contribution in [3.8, 4) is 11.3 Å². The van der Waals surface area contributed by atoms with E-state index in [1.54, 1.807) is 4.52 Å². The van der Waals surface area contributed by atoms with Crippen LogP contribution < -0.4 is 0 Å². The number of carbonyl (C=O) groups is 1. The number of rotatable bonds is 2. The first kappa shape index (κ1) is 16.4. The predicted octanol–water partition coefficient (Wildman–Crippen LogP) is 3.63. The number of benzene rings is 1. The Morgan fingerprint density at radius 2 is 1.85 bits per heavy atom. The molecule has 2 fully saturated rings. The summed E-state index contributed by atoms with van der Waals surface area (Å²) in [5.41, 5.74) is 1.95. The van der Waals surface area contributed by atoms with E-state index in [9.17, 15) is 4.79 Å². The lowest BCUT2D eigenvalue weighted by Crippen LogP contribution is -2.52. The summed E-state index contributed by atoms with van der Waals surface area (Å²) in [5.74, 6) is 0.0952. The summed E-state index contributed by atoms with van der Waals surface area (Å²) < 4.78 is 7.65. The van der Waals surface area contributed by atoms with Crippen LogP contribution in [0, 0.1) is 11.3 Å². The Kier molecular flexibility index (Phi) is 3.27. The van der Waals surface area contributed by atoms with E-state index in [0.29, 0.717) is 11.5 Å². The minimum Gasteiger partial charge on any atom is -0.458 e. The third-order valence-electron chi connectivity index (χ3n) is 6.84. The van der Waals surface area contributed by atoms with E-state index in [4.69, 9.17) is 9.84 Å². The van der Waals surface area contributed by atoms with Gasteiger partial charge in [0.2, 0.25) is 0 Å². The van der Waals surface area contributed by atoms with Crippen molar-refractivity contribution >= 4 is 11.6 Å². The second-order valence-corrected chi connectivity index (χ2v) is 8.41. The van der Waals surface area contributed by atoms with Gasteiger partial charge < -0.3 is 4.74 Å². The van der Waals surface area contributed by atoms with Crippen molar-refractivity contribution in [1.82, 2.24) is 19.8 Å². The van der Waals surface area contributed by atoms with Gasteiger partial charge in [-0.05, 0) is 37.8 Å². The number of fused-ring (bicyclic) bond motifs is 3. The maximum atomic E-state index is 12.9. The van der Waals surface area contributed by atoms with Crippen molar-refractivity contribution in [2.45, 2.75) is 45.1 Å². The highest BCUT2D eigenvalue weighted by atomic mass is 16.6. The van der Waals surface area contributed by atoms with E-state index in [1.807, 2.05) is 42.5 Å². The van der Waals surface area contributed by atoms with Crippen LogP contribution in [0.1, 0.15) is 45.4 Å². The lowest BCUT2D eigenvalue weighted by Gasteiger charge is -2.47. The summed E-state index contributed by atoms with van der Waals surface area (Å²) in [5, 5.41) is 13.4. The van der Waals surface area contributed by atoms with Crippen molar-refractivity contribution in [2.75, 3.05) is 0 Å². The predicted molar refractivity (Wildman–Crippen MR) is 100.0 cm³/mol. The van der Waals surface area contributed by atoms with Gasteiger partial charge in [0.15, 0.2) is 11.5 Å². The molecule has 3 aromatic rings. The van der Waals surface area contributed by atoms with Gasteiger partial charge in [-0.3, -0.25) is 4.79 Å². The Hall–Kier alpha value is -2.76. The minimum atomic E-state index is -0.441. The molecule has 2 bridgehead atoms. The fraction of sp³-hybridized carbons (Fsp3) is 0.429. The topological polar surface area (TPSA) is 69.4 Å². The Labute approximate surface area is 157 Å². The molecule has 138 valence electrons. The molecule has 6 nitrogen and oxygen atoms in total. The van der Waals surface area contributed by atoms with E-state index >= 15 is 0 Å². The largest absolute Gasteiger partial charge is 0.458 e. The van der Waals surface area contributed by atoms with Crippen LogP contribution in [-0.4, -0.2) is 31.4 Å². The molecule has 3 heterocycles. The molecule has 0 spiro atoms. The van der Waals surface area contributed by atoms with Crippen LogP contribution in [0.3, 0.4) is 0 Å². The fourth-order valence-corrected chi connectivity index (χ4v) is 4.77. The zero-order valence-corrected chi connectivity index (χ0v) is 15.7. The molecular weight excluding hydrogens is 340 g/mol. The standard InChI is InChI=1S/C21H22N4O2/c1-20(2)14-11-12-21(20,3)27-19(26)17(14)18-23-22-16-10-9-15(24-25(16)18)13-7-5-4-6-8-13/h4-10,14,17H,11-12H2,1-3H3/t14-,17+,21-/m1/s1. The first-order chi connectivity index (χ1) is 12.9. The van der Waals surface area contributed by atoms with Gasteiger partial charge in [0, 0.05) is 11.0 Å². The van der Waals surface area contributed by atoms with E-state index < -0.39 is 11.5 Å². The molecule has 1 saturated carbocycles. The molecule has 1 aliphatic carbocycles. The molecule has 0 unspecified atom stereocenters. The Morgan fingerprint density at radius 3 is 2.63 bits per heavy atom. The van der Waals surface area contributed by atoms with Gasteiger partial charge >= 0.3 is 5.97 Å². The summed E-state index contributed by atoms with van der Waals surface area (Å²) >= 11 is 0. The Bertz CT molecular complexity index is 1040. The molecule has 6 heteroatoms. The van der Waals surface area contributed by atoms with Crippen molar-refractivity contribution < 1.29 is 9.53 Å². The molecule has 0 amide bonds. The number of aromatic nitrogens is 4. The van der Waals surface area contributed by atoms with Crippen LogP contribution >= 0.6 is 0 Å². The van der Waals surface area contributed by atoms with Gasteiger partial charge in [-0.2, -0.15) is 9.61 Å². The highest BCUT2D eigenvalue weighted by molar-refractivity contribution is 5.80. The highest BCUT2D eigenvalue weighted by Crippen LogP contribution is 2.60. The number of hydrogen-bond acceptors (Lipinski definition) is 5. The average molecular weight is 362 g/mol. The van der Waals surface area contributed by atoms with Gasteiger partial charge in [0.05, 0.1) is 5.69 Å². The van der Waals surface area contributed by atoms with Gasteiger partial charge in [-0.1, -0.05) is 44.2 Å². The molecule has 0 N–H and O–H groups in total. The molecule has 27 heavy (non-hydrogen) atoms. The van der Waals surface area contributed by atoms with Gasteiger partial charge in [-0.25, -0.2) is 0 Å². The van der Waals surface area contributed by atoms with E-state index in [1.165, 1.54) is 0 Å². The summed E-state index contributed by atoms with van der Waals surface area (Å²) in [4.78, 5) is 12.9. The number of esters is 1. The molecule has 1 aromatic carbocycles. The van der Waals surface area contributed by atoms with E-state index in [-0.39, 0.29) is 17.3 Å². The molecular formula is C21H22N4O2.